The Labute approximate surface area is 123 Å². The maximum Gasteiger partial charge on any atom is 0.334 e. The first-order chi connectivity index (χ1) is 9.78. The Morgan fingerprint density at radius 3 is 2.33 bits per heavy atom. The molecule has 0 aromatic rings. The van der Waals surface area contributed by atoms with Crippen LogP contribution in [0.1, 0.15) is 39.5 Å². The zero-order valence-electron chi connectivity index (χ0n) is 12.4. The molecule has 0 amide bonds. The van der Waals surface area contributed by atoms with Crippen molar-refractivity contribution < 1.29 is 29.3 Å². The van der Waals surface area contributed by atoms with E-state index >= 15 is 0 Å². The summed E-state index contributed by atoms with van der Waals surface area (Å²) in [5.74, 6) is -4.26. The minimum Gasteiger partial charge on any atom is -0.481 e. The summed E-state index contributed by atoms with van der Waals surface area (Å²) in [7, 11) is 0. The van der Waals surface area contributed by atoms with E-state index in [-0.39, 0.29) is 0 Å². The lowest BCUT2D eigenvalue weighted by atomic mass is 9.80. The van der Waals surface area contributed by atoms with Gasteiger partial charge in [-0.3, -0.25) is 4.79 Å². The van der Waals surface area contributed by atoms with E-state index < -0.39 is 29.1 Å². The van der Waals surface area contributed by atoms with Crippen molar-refractivity contribution in [1.29, 1.82) is 0 Å². The van der Waals surface area contributed by atoms with Gasteiger partial charge in [-0.1, -0.05) is 38.3 Å². The number of unbranched alkanes of at least 4 members (excludes halogenated alkanes) is 3. The van der Waals surface area contributed by atoms with Crippen molar-refractivity contribution in [1.82, 2.24) is 0 Å². The van der Waals surface area contributed by atoms with E-state index in [1.807, 2.05) is 0 Å². The number of carbonyl (C=O) groups is 2. The predicted octanol–water partition coefficient (Wildman–Crippen LogP) is 2.56. The molecular formula is C15H23FO5. The van der Waals surface area contributed by atoms with Crippen LogP contribution in [0.2, 0.25) is 0 Å². The van der Waals surface area contributed by atoms with Crippen LogP contribution in [0.25, 0.3) is 0 Å². The number of aliphatic hydroxyl groups excluding tert-OH is 1. The summed E-state index contributed by atoms with van der Waals surface area (Å²) in [6, 6.07) is 0. The molecule has 1 aliphatic carbocycles. The number of allylic oxidation sites excluding steroid dienone is 2. The highest BCUT2D eigenvalue weighted by atomic mass is 19.1. The van der Waals surface area contributed by atoms with Crippen molar-refractivity contribution in [2.45, 2.75) is 45.2 Å². The predicted molar refractivity (Wildman–Crippen MR) is 76.7 cm³/mol. The number of aliphatic carboxylic acids is 2. The van der Waals surface area contributed by atoms with E-state index in [0.29, 0.717) is 6.61 Å². The fraction of sp³-hybridized carbons (Fsp3) is 0.600. The monoisotopic (exact) mass is 302 g/mol. The number of hydrogen-bond acceptors (Lipinski definition) is 3. The smallest absolute Gasteiger partial charge is 0.334 e. The van der Waals surface area contributed by atoms with Gasteiger partial charge in [0.05, 0.1) is 5.57 Å². The molecule has 0 aliphatic heterocycles. The van der Waals surface area contributed by atoms with Crippen molar-refractivity contribution >= 4 is 11.9 Å². The molecule has 0 saturated heterocycles. The van der Waals surface area contributed by atoms with Crippen LogP contribution < -0.4 is 0 Å². The zero-order valence-corrected chi connectivity index (χ0v) is 12.4. The van der Waals surface area contributed by atoms with Gasteiger partial charge in [0.15, 0.2) is 5.67 Å². The SMILES string of the molecule is CC1(F)C(C(=O)O)=CC=C[C@H]1C(=O)O.CCCCCCO. The van der Waals surface area contributed by atoms with Gasteiger partial charge in [0.1, 0.15) is 5.92 Å². The molecule has 0 aromatic carbocycles. The van der Waals surface area contributed by atoms with Gasteiger partial charge in [-0.25, -0.2) is 9.18 Å². The summed E-state index contributed by atoms with van der Waals surface area (Å²) in [4.78, 5) is 21.2. The molecule has 0 saturated carbocycles. The summed E-state index contributed by atoms with van der Waals surface area (Å²) < 4.78 is 13.8. The van der Waals surface area contributed by atoms with Gasteiger partial charge >= 0.3 is 11.9 Å². The highest BCUT2D eigenvalue weighted by Gasteiger charge is 2.45. The topological polar surface area (TPSA) is 94.8 Å². The van der Waals surface area contributed by atoms with Gasteiger partial charge in [-0.2, -0.15) is 0 Å². The van der Waals surface area contributed by atoms with E-state index in [2.05, 4.69) is 6.92 Å². The average Bonchev–Trinajstić information content (AvgIpc) is 2.38. The fourth-order valence-corrected chi connectivity index (χ4v) is 1.91. The largest absolute Gasteiger partial charge is 0.481 e. The second kappa shape index (κ2) is 9.28. The first-order valence-corrected chi connectivity index (χ1v) is 6.93. The highest BCUT2D eigenvalue weighted by Crippen LogP contribution is 2.34. The van der Waals surface area contributed by atoms with Crippen LogP contribution in [0, 0.1) is 5.92 Å². The molecular weight excluding hydrogens is 279 g/mol. The molecule has 2 atom stereocenters. The van der Waals surface area contributed by atoms with Gasteiger partial charge in [-0.05, 0) is 19.4 Å². The van der Waals surface area contributed by atoms with Crippen LogP contribution in [0.5, 0.6) is 0 Å². The molecule has 21 heavy (non-hydrogen) atoms. The Hall–Kier alpha value is -1.69. The number of aliphatic hydroxyl groups is 1. The minimum absolute atomic E-state index is 0.361. The maximum atomic E-state index is 13.8. The third kappa shape index (κ3) is 6.08. The molecule has 3 N–H and O–H groups in total. The van der Waals surface area contributed by atoms with E-state index in [4.69, 9.17) is 15.3 Å². The molecule has 0 spiro atoms. The molecule has 0 aromatic heterocycles. The number of rotatable bonds is 6. The highest BCUT2D eigenvalue weighted by molar-refractivity contribution is 5.92. The molecule has 0 bridgehead atoms. The van der Waals surface area contributed by atoms with E-state index in [1.165, 1.54) is 25.3 Å². The van der Waals surface area contributed by atoms with E-state index in [1.54, 1.807) is 0 Å². The molecule has 0 heterocycles. The summed E-state index contributed by atoms with van der Waals surface area (Å²) in [6.07, 6.45) is 8.13. The molecule has 120 valence electrons. The number of carboxylic acid groups (broad SMARTS) is 2. The molecule has 0 fully saturated rings. The number of halogens is 1. The Morgan fingerprint density at radius 2 is 1.90 bits per heavy atom. The van der Waals surface area contributed by atoms with Gasteiger partial charge in [-0.15, -0.1) is 0 Å². The van der Waals surface area contributed by atoms with Crippen molar-refractivity contribution in [2.75, 3.05) is 6.61 Å². The Bertz CT molecular complexity index is 408. The minimum atomic E-state index is -2.37. The number of hydrogen-bond donors (Lipinski definition) is 3. The summed E-state index contributed by atoms with van der Waals surface area (Å²) in [5, 5.41) is 25.6. The van der Waals surface area contributed by atoms with E-state index in [0.717, 1.165) is 25.5 Å². The third-order valence-electron chi connectivity index (χ3n) is 3.19. The van der Waals surface area contributed by atoms with Crippen molar-refractivity contribution in [3.05, 3.63) is 23.8 Å². The first-order valence-electron chi connectivity index (χ1n) is 6.93. The number of alkyl halides is 1. The lowest BCUT2D eigenvalue weighted by Crippen LogP contribution is -2.40. The molecule has 5 nitrogen and oxygen atoms in total. The van der Waals surface area contributed by atoms with Crippen LogP contribution in [-0.2, 0) is 9.59 Å². The van der Waals surface area contributed by atoms with Crippen LogP contribution in [0.3, 0.4) is 0 Å². The van der Waals surface area contributed by atoms with Crippen LogP contribution in [-0.4, -0.2) is 39.5 Å². The standard InChI is InChI=1S/C9H9FO4.C6H14O/c1-9(10)5(7(11)12)3-2-4-6(9)8(13)14;1-2-3-4-5-6-7/h2-5H,1H3,(H,11,12)(H,13,14);7H,2-6H2,1H3/t5-,9?;/m0./s1. The molecule has 1 unspecified atom stereocenters. The maximum absolute atomic E-state index is 13.8. The molecule has 6 heteroatoms. The lowest BCUT2D eigenvalue weighted by Gasteiger charge is -2.27. The second-order valence-corrected chi connectivity index (χ2v) is 4.95. The molecule has 1 rings (SSSR count). The third-order valence-corrected chi connectivity index (χ3v) is 3.19. The summed E-state index contributed by atoms with van der Waals surface area (Å²) in [5.41, 5.74) is -2.90. The quantitative estimate of drug-likeness (QED) is 0.655. The van der Waals surface area contributed by atoms with Gasteiger partial charge in [0.25, 0.3) is 0 Å². The Morgan fingerprint density at radius 1 is 1.29 bits per heavy atom. The van der Waals surface area contributed by atoms with E-state index in [9.17, 15) is 14.0 Å². The molecule has 1 aliphatic rings. The normalized spacial score (nSPS) is 23.8. The average molecular weight is 302 g/mol. The Balaban J connectivity index is 0.000000486. The van der Waals surface area contributed by atoms with Gasteiger partial charge in [0.2, 0.25) is 0 Å². The fourth-order valence-electron chi connectivity index (χ4n) is 1.91. The molecule has 0 radical (unpaired) electrons. The van der Waals surface area contributed by atoms with Gasteiger partial charge < -0.3 is 15.3 Å². The van der Waals surface area contributed by atoms with Crippen molar-refractivity contribution in [2.24, 2.45) is 5.92 Å². The Kier molecular flexibility index (Phi) is 8.54. The zero-order chi connectivity index (χ0) is 16.5. The summed E-state index contributed by atoms with van der Waals surface area (Å²) >= 11 is 0. The van der Waals surface area contributed by atoms with Crippen LogP contribution in [0.15, 0.2) is 23.8 Å². The van der Waals surface area contributed by atoms with Crippen LogP contribution in [0.4, 0.5) is 4.39 Å². The summed E-state index contributed by atoms with van der Waals surface area (Å²) in [6.45, 7) is 3.48. The van der Waals surface area contributed by atoms with Crippen molar-refractivity contribution in [3.8, 4) is 0 Å². The van der Waals surface area contributed by atoms with Crippen LogP contribution >= 0.6 is 0 Å². The lowest BCUT2D eigenvalue weighted by molar-refractivity contribution is -0.144. The second-order valence-electron chi connectivity index (χ2n) is 4.95. The first kappa shape index (κ1) is 19.3. The van der Waals surface area contributed by atoms with Crippen molar-refractivity contribution in [3.63, 3.8) is 0 Å². The van der Waals surface area contributed by atoms with Gasteiger partial charge in [0, 0.05) is 6.61 Å². The number of carboxylic acids is 2.